The number of rotatable bonds is 13. The number of hydrogen-bond donors (Lipinski definition) is 4. The fourth-order valence-corrected chi connectivity index (χ4v) is 8.35. The summed E-state index contributed by atoms with van der Waals surface area (Å²) >= 11 is 0. The second-order valence-electron chi connectivity index (χ2n) is 14.7. The van der Waals surface area contributed by atoms with E-state index in [1.807, 2.05) is 96.7 Å². The standard InChI is InChI=1S/C46H50N8O2/c1-3-47-41(35-13-7-5-8-14-35)45(55)53-27-11-17-39(53)43-49-29-37(51-43)33-23-19-31(20-24-33)32-21-25-34(26-22-32)38-30-50-44(52-38)40-18-12-28-54(40)46(56)42(48-4-2)36-15-9-6-10-16-36/h5-10,13-16,19-26,29-30,39-42,47-48H,3-4,11-12,17-18,27-28H2,1-2H3,(H,49,51)(H,50,52)/t39-,40?,41+,42+/m0/s1. The van der Waals surface area contributed by atoms with Gasteiger partial charge >= 0.3 is 0 Å². The summed E-state index contributed by atoms with van der Waals surface area (Å²) in [4.78, 5) is 48.3. The number of carbonyl (C=O) groups is 2. The van der Waals surface area contributed by atoms with Crippen LogP contribution < -0.4 is 10.6 Å². The molecule has 0 aliphatic carbocycles. The van der Waals surface area contributed by atoms with E-state index < -0.39 is 0 Å². The topological polar surface area (TPSA) is 122 Å². The lowest BCUT2D eigenvalue weighted by Crippen LogP contribution is -2.40. The molecular weight excluding hydrogens is 697 g/mol. The lowest BCUT2D eigenvalue weighted by Gasteiger charge is -2.28. The summed E-state index contributed by atoms with van der Waals surface area (Å²) < 4.78 is 0. The van der Waals surface area contributed by atoms with Gasteiger partial charge in [0, 0.05) is 13.1 Å². The number of nitrogens with zero attached hydrogens (tertiary/aromatic N) is 4. The minimum atomic E-state index is -0.378. The number of aromatic nitrogens is 4. The molecule has 10 heteroatoms. The smallest absolute Gasteiger partial charge is 0.244 e. The summed E-state index contributed by atoms with van der Waals surface area (Å²) in [6.45, 7) is 6.91. The lowest BCUT2D eigenvalue weighted by atomic mass is 10.0. The summed E-state index contributed by atoms with van der Waals surface area (Å²) in [5, 5.41) is 6.79. The van der Waals surface area contributed by atoms with Crippen LogP contribution in [0.3, 0.4) is 0 Å². The van der Waals surface area contributed by atoms with E-state index in [4.69, 9.17) is 9.97 Å². The van der Waals surface area contributed by atoms with Crippen molar-refractivity contribution in [3.05, 3.63) is 144 Å². The molecule has 4 atom stereocenters. The van der Waals surface area contributed by atoms with E-state index in [1.165, 1.54) is 0 Å². The van der Waals surface area contributed by atoms with Crippen molar-refractivity contribution in [1.29, 1.82) is 0 Å². The van der Waals surface area contributed by atoms with E-state index in [9.17, 15) is 9.59 Å². The van der Waals surface area contributed by atoms with Gasteiger partial charge in [0.2, 0.25) is 11.8 Å². The number of benzene rings is 4. The van der Waals surface area contributed by atoms with Crippen LogP contribution >= 0.6 is 0 Å². The molecule has 2 aliphatic rings. The predicted molar refractivity (Wildman–Crippen MR) is 220 cm³/mol. The third kappa shape index (κ3) is 7.67. The second-order valence-corrected chi connectivity index (χ2v) is 14.7. The third-order valence-corrected chi connectivity index (χ3v) is 11.2. The lowest BCUT2D eigenvalue weighted by molar-refractivity contribution is -0.135. The van der Waals surface area contributed by atoms with Crippen LogP contribution in [0.1, 0.15) is 86.5 Å². The van der Waals surface area contributed by atoms with Crippen LogP contribution in [0, 0.1) is 0 Å². The molecule has 4 aromatic carbocycles. The van der Waals surface area contributed by atoms with Crippen LogP contribution in [0.25, 0.3) is 33.6 Å². The van der Waals surface area contributed by atoms with Gasteiger partial charge in [-0.3, -0.25) is 9.59 Å². The van der Waals surface area contributed by atoms with Gasteiger partial charge in [-0.2, -0.15) is 0 Å². The van der Waals surface area contributed by atoms with E-state index in [0.717, 1.165) is 95.2 Å². The highest BCUT2D eigenvalue weighted by Crippen LogP contribution is 2.36. The molecule has 2 aromatic heterocycles. The van der Waals surface area contributed by atoms with Crippen LogP contribution in [0.15, 0.2) is 122 Å². The highest BCUT2D eigenvalue weighted by atomic mass is 16.2. The maximum Gasteiger partial charge on any atom is 0.244 e. The number of amides is 2. The SMILES string of the molecule is CCN[C@@H](C(=O)N1CCCC1c1ncc(-c2ccc(-c3ccc(-c4cnc([C@@H]5CCCN5C(=O)[C@H](NCC)c5ccccc5)[nH]4)cc3)cc2)[nH]1)c1ccccc1. The molecular formula is C46H50N8O2. The molecule has 2 aliphatic heterocycles. The molecule has 8 rings (SSSR count). The summed E-state index contributed by atoms with van der Waals surface area (Å²) in [7, 11) is 0. The molecule has 2 saturated heterocycles. The average molecular weight is 747 g/mol. The van der Waals surface area contributed by atoms with Gasteiger partial charge in [-0.1, -0.05) is 123 Å². The third-order valence-electron chi connectivity index (χ3n) is 11.2. The Morgan fingerprint density at radius 3 is 1.34 bits per heavy atom. The first-order valence-corrected chi connectivity index (χ1v) is 20.0. The molecule has 56 heavy (non-hydrogen) atoms. The van der Waals surface area contributed by atoms with E-state index in [-0.39, 0.29) is 36.0 Å². The molecule has 0 spiro atoms. The van der Waals surface area contributed by atoms with Crippen molar-refractivity contribution in [3.8, 4) is 33.6 Å². The number of likely N-dealkylation sites (N-methyl/N-ethyl adjacent to an activating group) is 2. The number of imidazole rings is 2. The largest absolute Gasteiger partial charge is 0.340 e. The summed E-state index contributed by atoms with van der Waals surface area (Å²) in [6.07, 6.45) is 7.41. The first-order chi connectivity index (χ1) is 27.5. The van der Waals surface area contributed by atoms with Crippen LogP contribution in [0.5, 0.6) is 0 Å². The molecule has 0 saturated carbocycles. The minimum absolute atomic E-state index is 0.0838. The highest BCUT2D eigenvalue weighted by Gasteiger charge is 2.37. The number of hydrogen-bond acceptors (Lipinski definition) is 6. The van der Waals surface area contributed by atoms with Gasteiger partial charge in [0.25, 0.3) is 0 Å². The predicted octanol–water partition coefficient (Wildman–Crippen LogP) is 8.16. The molecule has 2 amide bonds. The Morgan fingerprint density at radius 1 is 0.589 bits per heavy atom. The van der Waals surface area contributed by atoms with Crippen molar-refractivity contribution in [1.82, 2.24) is 40.4 Å². The van der Waals surface area contributed by atoms with Crippen LogP contribution in [-0.2, 0) is 9.59 Å². The Morgan fingerprint density at radius 2 is 0.964 bits per heavy atom. The zero-order valence-corrected chi connectivity index (χ0v) is 32.1. The first kappa shape index (κ1) is 37.1. The second kappa shape index (κ2) is 16.9. The summed E-state index contributed by atoms with van der Waals surface area (Å²) in [5.41, 5.74) is 8.13. The van der Waals surface area contributed by atoms with E-state index in [0.29, 0.717) is 13.1 Å². The number of likely N-dealkylation sites (tertiary alicyclic amines) is 2. The Labute approximate surface area is 328 Å². The molecule has 0 bridgehead atoms. The van der Waals surface area contributed by atoms with Gasteiger partial charge in [0.15, 0.2) is 0 Å². The zero-order chi connectivity index (χ0) is 38.4. The number of carbonyl (C=O) groups excluding carboxylic acids is 2. The van der Waals surface area contributed by atoms with Crippen LogP contribution in [0.4, 0.5) is 0 Å². The Bertz CT molecular complexity index is 2060. The fourth-order valence-electron chi connectivity index (χ4n) is 8.35. The fraction of sp³-hybridized carbons (Fsp3) is 0.304. The van der Waals surface area contributed by atoms with Gasteiger partial charge in [0.05, 0.1) is 35.9 Å². The summed E-state index contributed by atoms with van der Waals surface area (Å²) in [5.74, 6) is 1.83. The van der Waals surface area contributed by atoms with Crippen molar-refractivity contribution in [2.24, 2.45) is 0 Å². The van der Waals surface area contributed by atoms with Crippen molar-refractivity contribution in [2.75, 3.05) is 26.2 Å². The van der Waals surface area contributed by atoms with Crippen LogP contribution in [-0.4, -0.2) is 67.7 Å². The maximum absolute atomic E-state index is 13.8. The molecule has 6 aromatic rings. The molecule has 2 fully saturated rings. The molecule has 0 radical (unpaired) electrons. The Balaban J connectivity index is 0.924. The number of nitrogens with one attached hydrogen (secondary N) is 4. The monoisotopic (exact) mass is 746 g/mol. The number of H-pyrrole nitrogens is 2. The quantitative estimate of drug-likeness (QED) is 0.0947. The van der Waals surface area contributed by atoms with Crippen molar-refractivity contribution >= 4 is 11.8 Å². The zero-order valence-electron chi connectivity index (χ0n) is 32.1. The number of aromatic amines is 2. The maximum atomic E-state index is 13.8. The Kier molecular flexibility index (Phi) is 11.2. The highest BCUT2D eigenvalue weighted by molar-refractivity contribution is 5.85. The van der Waals surface area contributed by atoms with Gasteiger partial charge < -0.3 is 30.4 Å². The van der Waals surface area contributed by atoms with Gasteiger partial charge in [-0.25, -0.2) is 9.97 Å². The van der Waals surface area contributed by atoms with Gasteiger partial charge in [0.1, 0.15) is 23.7 Å². The van der Waals surface area contributed by atoms with Crippen LogP contribution in [0.2, 0.25) is 0 Å². The van der Waals surface area contributed by atoms with Crippen molar-refractivity contribution in [2.45, 2.75) is 63.7 Å². The van der Waals surface area contributed by atoms with E-state index in [1.54, 1.807) is 0 Å². The van der Waals surface area contributed by atoms with E-state index in [2.05, 4.69) is 69.1 Å². The van der Waals surface area contributed by atoms with E-state index >= 15 is 0 Å². The molecule has 10 nitrogen and oxygen atoms in total. The molecule has 286 valence electrons. The van der Waals surface area contributed by atoms with Gasteiger partial charge in [-0.05, 0) is 72.2 Å². The summed E-state index contributed by atoms with van der Waals surface area (Å²) in [6, 6.07) is 36.0. The Hall–Kier alpha value is -5.84. The molecule has 1 unspecified atom stereocenters. The molecule has 4 heterocycles. The van der Waals surface area contributed by atoms with Crippen molar-refractivity contribution < 1.29 is 9.59 Å². The normalized spacial score (nSPS) is 18.0. The average Bonchev–Trinajstić information content (AvgIpc) is 4.10. The first-order valence-electron chi connectivity index (χ1n) is 20.0. The van der Waals surface area contributed by atoms with Gasteiger partial charge in [-0.15, -0.1) is 0 Å². The minimum Gasteiger partial charge on any atom is -0.340 e. The van der Waals surface area contributed by atoms with Crippen molar-refractivity contribution in [3.63, 3.8) is 0 Å². The molecule has 4 N–H and O–H groups in total.